The number of ether oxygens (including phenoxy) is 3. The number of nitrogens with zero attached hydrogens (tertiary/aromatic N) is 3. The van der Waals surface area contributed by atoms with Crippen molar-refractivity contribution in [2.24, 2.45) is 0 Å². The number of nitrogens with two attached hydrogens (primary N) is 1. The number of anilines is 1. The first-order chi connectivity index (χ1) is 9.69. The molecule has 0 atom stereocenters. The van der Waals surface area contributed by atoms with Gasteiger partial charge in [-0.1, -0.05) is 0 Å². The number of rotatable bonds is 2. The Morgan fingerprint density at radius 1 is 1.35 bits per heavy atom. The van der Waals surface area contributed by atoms with E-state index in [1.165, 1.54) is 18.1 Å². The highest BCUT2D eigenvalue weighted by Crippen LogP contribution is 2.35. The van der Waals surface area contributed by atoms with Crippen molar-refractivity contribution in [3.8, 4) is 17.2 Å². The van der Waals surface area contributed by atoms with E-state index in [9.17, 15) is 4.79 Å². The fraction of sp³-hybridized carbons (Fsp3) is 0.250. The third-order valence-corrected chi connectivity index (χ3v) is 2.80. The molecular formula is C12H12N4O4. The van der Waals surface area contributed by atoms with Crippen LogP contribution in [-0.4, -0.2) is 41.1 Å². The third-order valence-electron chi connectivity index (χ3n) is 2.80. The molecule has 0 radical (unpaired) electrons. The highest BCUT2D eigenvalue weighted by molar-refractivity contribution is 5.84. The van der Waals surface area contributed by atoms with Gasteiger partial charge in [-0.3, -0.25) is 0 Å². The van der Waals surface area contributed by atoms with Crippen LogP contribution in [0.5, 0.6) is 11.5 Å². The highest BCUT2D eigenvalue weighted by Gasteiger charge is 2.18. The second-order valence-corrected chi connectivity index (χ2v) is 4.06. The molecule has 0 saturated heterocycles. The maximum absolute atomic E-state index is 11.3. The lowest BCUT2D eigenvalue weighted by molar-refractivity contribution is 0.0587. The van der Waals surface area contributed by atoms with Gasteiger partial charge in [-0.2, -0.15) is 0 Å². The molecule has 0 saturated carbocycles. The lowest BCUT2D eigenvalue weighted by atomic mass is 10.2. The molecule has 0 bridgehead atoms. The van der Waals surface area contributed by atoms with E-state index in [4.69, 9.17) is 15.2 Å². The monoisotopic (exact) mass is 276 g/mol. The topological polar surface area (TPSA) is 101 Å². The molecule has 0 unspecified atom stereocenters. The number of carbonyl (C=O) groups is 1. The lowest BCUT2D eigenvalue weighted by Gasteiger charge is -2.19. The maximum atomic E-state index is 11.3. The van der Waals surface area contributed by atoms with Crippen LogP contribution in [0, 0.1) is 0 Å². The largest absolute Gasteiger partial charge is 0.486 e. The van der Waals surface area contributed by atoms with E-state index in [-0.39, 0.29) is 5.82 Å². The Kier molecular flexibility index (Phi) is 2.90. The van der Waals surface area contributed by atoms with Gasteiger partial charge in [0.15, 0.2) is 11.5 Å². The van der Waals surface area contributed by atoms with Crippen molar-refractivity contribution in [3.05, 3.63) is 24.3 Å². The van der Waals surface area contributed by atoms with Crippen LogP contribution < -0.4 is 15.2 Å². The summed E-state index contributed by atoms with van der Waals surface area (Å²) in [5.41, 5.74) is 6.95. The molecule has 8 nitrogen and oxygen atoms in total. The van der Waals surface area contributed by atoms with E-state index in [1.54, 1.807) is 12.1 Å². The molecule has 0 amide bonds. The third kappa shape index (κ3) is 2.00. The molecule has 0 fully saturated rings. The summed E-state index contributed by atoms with van der Waals surface area (Å²) in [4.78, 5) is 15.2. The standard InChI is InChI=1S/C12H12N4O4/c1-18-12(17)11-14-6-16(15-11)8-5-10-9(4-7(8)13)19-2-3-20-10/h4-6H,2-3,13H2,1H3. The molecule has 2 aromatic rings. The number of carbonyl (C=O) groups excluding carboxylic acids is 1. The van der Waals surface area contributed by atoms with Crippen LogP contribution in [0.3, 0.4) is 0 Å². The molecule has 20 heavy (non-hydrogen) atoms. The Morgan fingerprint density at radius 3 is 2.75 bits per heavy atom. The first kappa shape index (κ1) is 12.3. The summed E-state index contributed by atoms with van der Waals surface area (Å²) in [5.74, 6) is 0.517. The van der Waals surface area contributed by atoms with E-state index in [1.807, 2.05) is 0 Å². The fourth-order valence-corrected chi connectivity index (χ4v) is 1.86. The number of nitrogen functional groups attached to an aromatic ring is 1. The minimum absolute atomic E-state index is 0.0400. The average Bonchev–Trinajstić information content (AvgIpc) is 2.95. The average molecular weight is 276 g/mol. The van der Waals surface area contributed by atoms with E-state index in [0.29, 0.717) is 36.1 Å². The molecule has 2 N–H and O–H groups in total. The summed E-state index contributed by atoms with van der Waals surface area (Å²) < 4.78 is 16.9. The zero-order chi connectivity index (χ0) is 14.1. The molecule has 1 aliphatic rings. The number of hydrogen-bond acceptors (Lipinski definition) is 7. The van der Waals surface area contributed by atoms with Crippen molar-refractivity contribution in [1.82, 2.24) is 14.8 Å². The molecule has 2 heterocycles. The number of hydrogen-bond donors (Lipinski definition) is 1. The van der Waals surface area contributed by atoms with Gasteiger partial charge in [0.2, 0.25) is 0 Å². The van der Waals surface area contributed by atoms with Crippen LogP contribution >= 0.6 is 0 Å². The second kappa shape index (κ2) is 4.72. The van der Waals surface area contributed by atoms with Crippen LogP contribution in [0.1, 0.15) is 10.6 Å². The predicted octanol–water partition coefficient (Wildman–Crippen LogP) is 0.407. The van der Waals surface area contributed by atoms with Crippen molar-refractivity contribution >= 4 is 11.7 Å². The summed E-state index contributed by atoms with van der Waals surface area (Å²) >= 11 is 0. The smallest absolute Gasteiger partial charge is 0.377 e. The van der Waals surface area contributed by atoms with Gasteiger partial charge in [0.05, 0.1) is 18.5 Å². The fourth-order valence-electron chi connectivity index (χ4n) is 1.86. The van der Waals surface area contributed by atoms with Crippen molar-refractivity contribution in [1.29, 1.82) is 0 Å². The highest BCUT2D eigenvalue weighted by atomic mass is 16.6. The Bertz CT molecular complexity index is 667. The van der Waals surface area contributed by atoms with Gasteiger partial charge >= 0.3 is 5.97 Å². The normalized spacial score (nSPS) is 13.1. The van der Waals surface area contributed by atoms with Gasteiger partial charge in [-0.15, -0.1) is 5.10 Å². The van der Waals surface area contributed by atoms with Gasteiger partial charge in [-0.25, -0.2) is 14.5 Å². The zero-order valence-electron chi connectivity index (χ0n) is 10.7. The SMILES string of the molecule is COC(=O)c1ncn(-c2cc3c(cc2N)OCCO3)n1. The van der Waals surface area contributed by atoms with Crippen LogP contribution in [0.15, 0.2) is 18.5 Å². The van der Waals surface area contributed by atoms with Crippen LogP contribution in [0.4, 0.5) is 5.69 Å². The number of methoxy groups -OCH3 is 1. The van der Waals surface area contributed by atoms with Gasteiger partial charge < -0.3 is 19.9 Å². The minimum atomic E-state index is -0.611. The minimum Gasteiger partial charge on any atom is -0.486 e. The number of aromatic nitrogens is 3. The predicted molar refractivity (Wildman–Crippen MR) is 68.1 cm³/mol. The Balaban J connectivity index is 2.01. The Hall–Kier alpha value is -2.77. The summed E-state index contributed by atoms with van der Waals surface area (Å²) in [7, 11) is 1.27. The van der Waals surface area contributed by atoms with Crippen molar-refractivity contribution < 1.29 is 19.0 Å². The van der Waals surface area contributed by atoms with Crippen molar-refractivity contribution in [2.45, 2.75) is 0 Å². The van der Waals surface area contributed by atoms with Crippen molar-refractivity contribution in [3.63, 3.8) is 0 Å². The maximum Gasteiger partial charge on any atom is 0.377 e. The summed E-state index contributed by atoms with van der Waals surface area (Å²) in [6.45, 7) is 0.961. The number of fused-ring (bicyclic) bond motifs is 1. The van der Waals surface area contributed by atoms with E-state index in [0.717, 1.165) is 0 Å². The zero-order valence-corrected chi connectivity index (χ0v) is 10.7. The molecular weight excluding hydrogens is 264 g/mol. The molecule has 8 heteroatoms. The van der Waals surface area contributed by atoms with Gasteiger partial charge in [0, 0.05) is 12.1 Å². The Morgan fingerprint density at radius 2 is 2.05 bits per heavy atom. The molecule has 1 aromatic carbocycles. The molecule has 104 valence electrons. The molecule has 1 aromatic heterocycles. The van der Waals surface area contributed by atoms with Gasteiger partial charge in [-0.05, 0) is 0 Å². The van der Waals surface area contributed by atoms with Crippen molar-refractivity contribution in [2.75, 3.05) is 26.1 Å². The van der Waals surface area contributed by atoms with E-state index < -0.39 is 5.97 Å². The number of esters is 1. The molecule has 0 spiro atoms. The number of benzene rings is 1. The summed E-state index contributed by atoms with van der Waals surface area (Å²) in [6, 6.07) is 3.35. The van der Waals surface area contributed by atoms with Crippen LogP contribution in [-0.2, 0) is 4.74 Å². The van der Waals surface area contributed by atoms with E-state index >= 15 is 0 Å². The summed E-state index contributed by atoms with van der Waals surface area (Å²) in [5, 5.41) is 4.02. The van der Waals surface area contributed by atoms with Crippen LogP contribution in [0.2, 0.25) is 0 Å². The molecule has 0 aliphatic carbocycles. The van der Waals surface area contributed by atoms with Gasteiger partial charge in [0.1, 0.15) is 19.5 Å². The lowest BCUT2D eigenvalue weighted by Crippen LogP contribution is -2.16. The Labute approximate surface area is 114 Å². The van der Waals surface area contributed by atoms with Crippen LogP contribution in [0.25, 0.3) is 5.69 Å². The first-order valence-corrected chi connectivity index (χ1v) is 5.88. The van der Waals surface area contributed by atoms with E-state index in [2.05, 4.69) is 14.8 Å². The summed E-state index contributed by atoms with van der Waals surface area (Å²) in [6.07, 6.45) is 1.38. The molecule has 1 aliphatic heterocycles. The molecule has 3 rings (SSSR count). The second-order valence-electron chi connectivity index (χ2n) is 4.06. The quantitative estimate of drug-likeness (QED) is 0.626. The first-order valence-electron chi connectivity index (χ1n) is 5.88. The van der Waals surface area contributed by atoms with Gasteiger partial charge in [0.25, 0.3) is 5.82 Å².